The first kappa shape index (κ1) is 26.4. The highest BCUT2D eigenvalue weighted by molar-refractivity contribution is 5.92. The second kappa shape index (κ2) is 12.1. The van der Waals surface area contributed by atoms with E-state index in [0.717, 1.165) is 70.2 Å². The normalized spacial score (nSPS) is 14.3. The molecule has 1 unspecified atom stereocenters. The van der Waals surface area contributed by atoms with Gasteiger partial charge in [-0.25, -0.2) is 19.9 Å². The number of benzene rings is 1. The molecule has 0 radical (unpaired) electrons. The van der Waals surface area contributed by atoms with Crippen molar-refractivity contribution in [2.75, 3.05) is 31.5 Å². The van der Waals surface area contributed by atoms with Crippen LogP contribution in [0.5, 0.6) is 17.4 Å². The minimum absolute atomic E-state index is 0.447. The molecule has 10 nitrogen and oxygen atoms in total. The number of pyridine rings is 3. The van der Waals surface area contributed by atoms with Gasteiger partial charge in [-0.2, -0.15) is 0 Å². The van der Waals surface area contributed by atoms with Crippen molar-refractivity contribution in [3.8, 4) is 17.4 Å². The molecule has 5 heterocycles. The number of aryl methyl sites for hydroxylation is 1. The number of anilines is 2. The van der Waals surface area contributed by atoms with Gasteiger partial charge in [0.25, 0.3) is 0 Å². The molecule has 1 atom stereocenters. The topological polar surface area (TPSA) is 108 Å². The Hall–Kier alpha value is -4.86. The second-order valence-electron chi connectivity index (χ2n) is 10.0. The Bertz CT molecular complexity index is 1640. The number of nitrogens with one attached hydrogen (secondary N) is 2. The van der Waals surface area contributed by atoms with E-state index in [0.29, 0.717) is 31.5 Å². The number of fused-ring (bicyclic) bond motifs is 2. The van der Waals surface area contributed by atoms with Gasteiger partial charge in [0.2, 0.25) is 5.88 Å². The van der Waals surface area contributed by atoms with Crippen molar-refractivity contribution < 1.29 is 14.2 Å². The Morgan fingerprint density at radius 3 is 2.73 bits per heavy atom. The molecule has 2 N–H and O–H groups in total. The third kappa shape index (κ3) is 6.16. The van der Waals surface area contributed by atoms with Crippen molar-refractivity contribution in [2.24, 2.45) is 5.92 Å². The van der Waals surface area contributed by atoms with Gasteiger partial charge in [0.15, 0.2) is 0 Å². The lowest BCUT2D eigenvalue weighted by atomic mass is 9.99. The van der Waals surface area contributed by atoms with E-state index < -0.39 is 0 Å². The van der Waals surface area contributed by atoms with Crippen LogP contribution in [0.25, 0.3) is 10.8 Å². The van der Waals surface area contributed by atoms with Crippen molar-refractivity contribution in [3.63, 3.8) is 0 Å². The van der Waals surface area contributed by atoms with Crippen LogP contribution in [0.1, 0.15) is 23.4 Å². The lowest BCUT2D eigenvalue weighted by molar-refractivity contribution is 0.212. The average Bonchev–Trinajstić information content (AvgIpc) is 3.50. The average molecular weight is 552 g/mol. The third-order valence-electron chi connectivity index (χ3n) is 7.38. The lowest BCUT2D eigenvalue weighted by Gasteiger charge is -2.23. The standard InChI is InChI=1S/C31H33N7O3/c1-39-25-4-3-24(27(16-25)40-2)18-37-31-26-19-36-28(15-23(26)6-9-34-31)35-17-21-5-8-33-30(14-21)41-20-22-7-11-38-12-10-32-29(38)13-22/h3-6,8-10,12,14-16,19,22H,7,11,13,17-18,20H2,1-2H3,(H,34,37)(H,35,36). The zero-order valence-corrected chi connectivity index (χ0v) is 23.2. The minimum atomic E-state index is 0.447. The van der Waals surface area contributed by atoms with Crippen LogP contribution in [-0.2, 0) is 26.1 Å². The monoisotopic (exact) mass is 551 g/mol. The van der Waals surface area contributed by atoms with E-state index in [1.54, 1.807) is 26.6 Å². The van der Waals surface area contributed by atoms with Crippen LogP contribution < -0.4 is 24.8 Å². The zero-order chi connectivity index (χ0) is 28.0. The van der Waals surface area contributed by atoms with Crippen LogP contribution in [-0.4, -0.2) is 45.3 Å². The molecule has 5 aromatic rings. The molecular weight excluding hydrogens is 518 g/mol. The molecular formula is C31H33N7O3. The predicted octanol–water partition coefficient (Wildman–Crippen LogP) is 5.10. The third-order valence-corrected chi connectivity index (χ3v) is 7.38. The lowest BCUT2D eigenvalue weighted by Crippen LogP contribution is -2.24. The molecule has 0 spiro atoms. The summed E-state index contributed by atoms with van der Waals surface area (Å²) in [5.74, 6) is 5.27. The molecule has 1 aliphatic rings. The Morgan fingerprint density at radius 1 is 0.902 bits per heavy atom. The predicted molar refractivity (Wildman–Crippen MR) is 158 cm³/mol. The smallest absolute Gasteiger partial charge is 0.213 e. The van der Waals surface area contributed by atoms with Crippen molar-refractivity contribution in [1.82, 2.24) is 24.5 Å². The van der Waals surface area contributed by atoms with E-state index in [2.05, 4.69) is 35.1 Å². The number of ether oxygens (including phenoxy) is 3. The van der Waals surface area contributed by atoms with Crippen LogP contribution in [0, 0.1) is 5.92 Å². The Morgan fingerprint density at radius 2 is 1.83 bits per heavy atom. The summed E-state index contributed by atoms with van der Waals surface area (Å²) >= 11 is 0. The largest absolute Gasteiger partial charge is 0.497 e. The molecule has 210 valence electrons. The first-order valence-corrected chi connectivity index (χ1v) is 13.7. The number of aromatic nitrogens is 5. The van der Waals surface area contributed by atoms with E-state index in [1.165, 1.54) is 0 Å². The van der Waals surface area contributed by atoms with Crippen LogP contribution in [0.3, 0.4) is 0 Å². The molecule has 0 amide bonds. The van der Waals surface area contributed by atoms with Gasteiger partial charge in [-0.15, -0.1) is 0 Å². The van der Waals surface area contributed by atoms with Crippen molar-refractivity contribution in [3.05, 3.63) is 90.4 Å². The Labute approximate surface area is 238 Å². The van der Waals surface area contributed by atoms with Gasteiger partial charge >= 0.3 is 0 Å². The summed E-state index contributed by atoms with van der Waals surface area (Å²) in [6.07, 6.45) is 11.4. The van der Waals surface area contributed by atoms with Crippen molar-refractivity contribution >= 4 is 22.4 Å². The van der Waals surface area contributed by atoms with E-state index >= 15 is 0 Å². The Balaban J connectivity index is 1.06. The summed E-state index contributed by atoms with van der Waals surface area (Å²) in [5, 5.41) is 8.82. The SMILES string of the molecule is COc1ccc(CNc2nccc3cc(NCc4ccnc(OCC5CCn6ccnc6C5)c4)ncc23)c(OC)c1. The summed E-state index contributed by atoms with van der Waals surface area (Å²) in [6.45, 7) is 2.78. The first-order valence-electron chi connectivity index (χ1n) is 13.7. The van der Waals surface area contributed by atoms with E-state index in [1.807, 2.05) is 61.1 Å². The van der Waals surface area contributed by atoms with Crippen molar-refractivity contribution in [2.45, 2.75) is 32.5 Å². The summed E-state index contributed by atoms with van der Waals surface area (Å²) in [7, 11) is 3.29. The van der Waals surface area contributed by atoms with Gasteiger partial charge in [-0.05, 0) is 47.7 Å². The van der Waals surface area contributed by atoms with Crippen LogP contribution in [0.2, 0.25) is 0 Å². The molecule has 41 heavy (non-hydrogen) atoms. The van der Waals surface area contributed by atoms with Crippen molar-refractivity contribution in [1.29, 1.82) is 0 Å². The van der Waals surface area contributed by atoms with Gasteiger partial charge in [0.05, 0.1) is 20.8 Å². The molecule has 1 aliphatic heterocycles. The number of hydrogen-bond donors (Lipinski definition) is 2. The number of nitrogens with zero attached hydrogens (tertiary/aromatic N) is 5. The number of methoxy groups -OCH3 is 2. The molecule has 6 rings (SSSR count). The quantitative estimate of drug-likeness (QED) is 0.232. The zero-order valence-electron chi connectivity index (χ0n) is 23.2. The van der Waals surface area contributed by atoms with Gasteiger partial charge in [-0.3, -0.25) is 0 Å². The Kier molecular flexibility index (Phi) is 7.79. The summed E-state index contributed by atoms with van der Waals surface area (Å²) < 4.78 is 19.1. The molecule has 10 heteroatoms. The van der Waals surface area contributed by atoms with Crippen LogP contribution in [0.4, 0.5) is 11.6 Å². The summed E-state index contributed by atoms with van der Waals surface area (Å²) in [5.41, 5.74) is 2.08. The van der Waals surface area contributed by atoms with Gasteiger partial charge in [-0.1, -0.05) is 0 Å². The summed E-state index contributed by atoms with van der Waals surface area (Å²) in [4.78, 5) is 18.0. The highest BCUT2D eigenvalue weighted by Gasteiger charge is 2.20. The van der Waals surface area contributed by atoms with Gasteiger partial charge in [0, 0.05) is 86.0 Å². The molecule has 0 fully saturated rings. The fraction of sp³-hybridized carbons (Fsp3) is 0.290. The molecule has 1 aromatic carbocycles. The first-order chi connectivity index (χ1) is 20.2. The molecule has 0 bridgehead atoms. The molecule has 0 saturated heterocycles. The molecule has 0 saturated carbocycles. The fourth-order valence-electron chi connectivity index (χ4n) is 5.08. The van der Waals surface area contributed by atoms with Crippen LogP contribution >= 0.6 is 0 Å². The maximum Gasteiger partial charge on any atom is 0.213 e. The molecule has 4 aromatic heterocycles. The van der Waals surface area contributed by atoms with E-state index in [-0.39, 0.29) is 0 Å². The fourth-order valence-corrected chi connectivity index (χ4v) is 5.08. The highest BCUT2D eigenvalue weighted by Crippen LogP contribution is 2.27. The number of rotatable bonds is 11. The second-order valence-corrected chi connectivity index (χ2v) is 10.0. The number of hydrogen-bond acceptors (Lipinski definition) is 9. The minimum Gasteiger partial charge on any atom is -0.497 e. The summed E-state index contributed by atoms with van der Waals surface area (Å²) in [6, 6.07) is 13.8. The van der Waals surface area contributed by atoms with E-state index in [9.17, 15) is 0 Å². The molecule has 0 aliphatic carbocycles. The maximum absolute atomic E-state index is 6.06. The van der Waals surface area contributed by atoms with Gasteiger partial charge in [0.1, 0.15) is 29.0 Å². The van der Waals surface area contributed by atoms with Gasteiger partial charge < -0.3 is 29.4 Å². The van der Waals surface area contributed by atoms with E-state index in [4.69, 9.17) is 14.2 Å². The number of imidazole rings is 1. The maximum atomic E-state index is 6.06. The highest BCUT2D eigenvalue weighted by atomic mass is 16.5. The van der Waals surface area contributed by atoms with Crippen LogP contribution in [0.15, 0.2) is 73.4 Å².